The van der Waals surface area contributed by atoms with E-state index in [1.807, 2.05) is 0 Å². The Balaban J connectivity index is 2.80. The maximum absolute atomic E-state index is 11.9. The van der Waals surface area contributed by atoms with Gasteiger partial charge in [0.1, 0.15) is 18.3 Å². The van der Waals surface area contributed by atoms with Gasteiger partial charge < -0.3 is 25.2 Å². The Bertz CT molecular complexity index is 380. The minimum atomic E-state index is -2.13. The van der Waals surface area contributed by atoms with Crippen LogP contribution in [0, 0.1) is 0 Å². The summed E-state index contributed by atoms with van der Waals surface area (Å²) < 4.78 is 4.70. The van der Waals surface area contributed by atoms with Crippen LogP contribution in [-0.4, -0.2) is 69.0 Å². The maximum atomic E-state index is 11.9. The van der Waals surface area contributed by atoms with Crippen molar-refractivity contribution in [1.29, 1.82) is 0 Å². The molecule has 0 aromatic rings. The van der Waals surface area contributed by atoms with Crippen LogP contribution in [-0.2, 0) is 19.1 Å². The Morgan fingerprint density at radius 3 is 2.40 bits per heavy atom. The van der Waals surface area contributed by atoms with Crippen molar-refractivity contribution in [3.05, 3.63) is 0 Å². The van der Waals surface area contributed by atoms with Gasteiger partial charge in [-0.25, -0.2) is 0 Å². The summed E-state index contributed by atoms with van der Waals surface area (Å²) in [5.41, 5.74) is 0. The molecule has 1 aliphatic rings. The summed E-state index contributed by atoms with van der Waals surface area (Å²) in [6.07, 6.45) is -6.63. The number of ketones is 2. The average Bonchev–Trinajstić information content (AvgIpc) is 2.44. The molecule has 0 radical (unpaired) electrons. The first-order valence-electron chi connectivity index (χ1n) is 6.29. The van der Waals surface area contributed by atoms with Gasteiger partial charge in [-0.2, -0.15) is 0 Å². The summed E-state index contributed by atoms with van der Waals surface area (Å²) in [4.78, 5) is 34.9. The van der Waals surface area contributed by atoms with E-state index in [-0.39, 0.29) is 12.8 Å². The first-order valence-corrected chi connectivity index (χ1v) is 6.29. The lowest BCUT2D eigenvalue weighted by molar-refractivity contribution is -0.168. The highest BCUT2D eigenvalue weighted by molar-refractivity contribution is 6.08. The first kappa shape index (κ1) is 16.7. The summed E-state index contributed by atoms with van der Waals surface area (Å²) in [6.45, 7) is -0.871. The van der Waals surface area contributed by atoms with Gasteiger partial charge in [0.25, 0.3) is 0 Å². The second-order valence-electron chi connectivity index (χ2n) is 4.63. The van der Waals surface area contributed by atoms with Crippen LogP contribution >= 0.6 is 0 Å². The Morgan fingerprint density at radius 1 is 1.20 bits per heavy atom. The van der Waals surface area contributed by atoms with Gasteiger partial charge in [0.15, 0.2) is 5.78 Å². The molecule has 1 saturated heterocycles. The van der Waals surface area contributed by atoms with Crippen molar-refractivity contribution < 1.29 is 39.5 Å². The Kier molecular flexibility index (Phi) is 6.21. The van der Waals surface area contributed by atoms with Crippen LogP contribution in [0.3, 0.4) is 0 Å². The molecule has 0 aromatic carbocycles. The standard InChI is InChI=1S/C12H18O8/c13-5-7(15)9(17)10(18)11(19)12-6(14)3-1-2-4-8(16)20-12/h7,9-10,12-13,15,17-18H,1-5H2/t7-,9-,10+,12?/m1/s1. The second kappa shape index (κ2) is 7.44. The zero-order valence-electron chi connectivity index (χ0n) is 10.8. The molecule has 1 fully saturated rings. The number of rotatable bonds is 5. The first-order chi connectivity index (χ1) is 9.38. The Labute approximate surface area is 115 Å². The molecule has 8 heteroatoms. The molecule has 8 nitrogen and oxygen atoms in total. The number of aliphatic hydroxyl groups is 4. The third-order valence-electron chi connectivity index (χ3n) is 3.05. The lowest BCUT2D eigenvalue weighted by atomic mass is 9.96. The molecule has 0 aliphatic carbocycles. The van der Waals surface area contributed by atoms with Crippen molar-refractivity contribution in [3.63, 3.8) is 0 Å². The van der Waals surface area contributed by atoms with E-state index in [2.05, 4.69) is 0 Å². The lowest BCUT2D eigenvalue weighted by Gasteiger charge is -2.24. The van der Waals surface area contributed by atoms with Gasteiger partial charge in [-0.3, -0.25) is 14.4 Å². The molecule has 4 atom stereocenters. The van der Waals surface area contributed by atoms with Crippen LogP contribution in [0.2, 0.25) is 0 Å². The third-order valence-corrected chi connectivity index (χ3v) is 3.05. The van der Waals surface area contributed by atoms with Crippen LogP contribution in [0.4, 0.5) is 0 Å². The van der Waals surface area contributed by atoms with Crippen molar-refractivity contribution in [3.8, 4) is 0 Å². The fourth-order valence-electron chi connectivity index (χ4n) is 1.81. The number of hydrogen-bond acceptors (Lipinski definition) is 8. The maximum Gasteiger partial charge on any atom is 0.306 e. The highest BCUT2D eigenvalue weighted by Crippen LogP contribution is 2.15. The minimum absolute atomic E-state index is 0.0229. The second-order valence-corrected chi connectivity index (χ2v) is 4.63. The highest BCUT2D eigenvalue weighted by atomic mass is 16.6. The molecule has 0 aromatic heterocycles. The van der Waals surface area contributed by atoms with Crippen molar-refractivity contribution in [2.75, 3.05) is 6.61 Å². The van der Waals surface area contributed by atoms with Crippen molar-refractivity contribution in [2.45, 2.75) is 50.1 Å². The number of Topliss-reactive ketones (excluding diaryl/α,β-unsaturated/α-hetero) is 2. The Hall–Kier alpha value is -1.35. The molecule has 0 bridgehead atoms. The lowest BCUT2D eigenvalue weighted by Crippen LogP contribution is -2.50. The zero-order chi connectivity index (χ0) is 15.3. The monoisotopic (exact) mass is 290 g/mol. The van der Waals surface area contributed by atoms with E-state index in [1.165, 1.54) is 0 Å². The molecule has 0 saturated carbocycles. The summed E-state index contributed by atoms with van der Waals surface area (Å²) in [5.74, 6) is -2.60. The number of carbonyl (C=O) groups excluding carboxylic acids is 3. The highest BCUT2D eigenvalue weighted by Gasteiger charge is 2.39. The summed E-state index contributed by atoms with van der Waals surface area (Å²) in [7, 11) is 0. The number of cyclic esters (lactones) is 1. The van der Waals surface area contributed by atoms with Crippen molar-refractivity contribution in [1.82, 2.24) is 0 Å². The van der Waals surface area contributed by atoms with Crippen LogP contribution in [0.25, 0.3) is 0 Å². The molecule has 0 spiro atoms. The van der Waals surface area contributed by atoms with E-state index < -0.39 is 48.6 Å². The number of aliphatic hydroxyl groups excluding tert-OH is 4. The van der Waals surface area contributed by atoms with E-state index in [1.54, 1.807) is 0 Å². The van der Waals surface area contributed by atoms with Gasteiger partial charge >= 0.3 is 5.97 Å². The van der Waals surface area contributed by atoms with Crippen molar-refractivity contribution >= 4 is 17.5 Å². The average molecular weight is 290 g/mol. The van der Waals surface area contributed by atoms with Gasteiger partial charge in [-0.05, 0) is 12.8 Å². The van der Waals surface area contributed by atoms with Gasteiger partial charge in [0, 0.05) is 12.8 Å². The topological polar surface area (TPSA) is 141 Å². The van der Waals surface area contributed by atoms with Crippen molar-refractivity contribution in [2.24, 2.45) is 0 Å². The molecule has 1 heterocycles. The van der Waals surface area contributed by atoms with E-state index in [0.717, 1.165) is 0 Å². The van der Waals surface area contributed by atoms with Crippen LogP contribution < -0.4 is 0 Å². The van der Waals surface area contributed by atoms with E-state index in [0.29, 0.717) is 12.8 Å². The predicted octanol–water partition coefficient (Wildman–Crippen LogP) is -2.31. The van der Waals surface area contributed by atoms with Crippen LogP contribution in [0.1, 0.15) is 25.7 Å². The fraction of sp³-hybridized carbons (Fsp3) is 0.750. The SMILES string of the molecule is O=C1CCCCC(=O)C(C(=O)[C@@H](O)[C@H](O)[C@H](O)CO)O1. The normalized spacial score (nSPS) is 25.1. The zero-order valence-corrected chi connectivity index (χ0v) is 10.8. The predicted molar refractivity (Wildman–Crippen MR) is 63.5 cm³/mol. The molecule has 1 rings (SSSR count). The summed E-state index contributed by atoms with van der Waals surface area (Å²) in [6, 6.07) is 0. The molecule has 0 amide bonds. The van der Waals surface area contributed by atoms with Gasteiger partial charge in [-0.15, -0.1) is 0 Å². The molecule has 1 aliphatic heterocycles. The molecule has 20 heavy (non-hydrogen) atoms. The third kappa shape index (κ3) is 4.07. The molecule has 4 N–H and O–H groups in total. The van der Waals surface area contributed by atoms with Gasteiger partial charge in [-0.1, -0.05) is 0 Å². The molecule has 1 unspecified atom stereocenters. The number of carbonyl (C=O) groups is 3. The quantitative estimate of drug-likeness (QED) is 0.327. The smallest absolute Gasteiger partial charge is 0.306 e. The van der Waals surface area contributed by atoms with Gasteiger partial charge in [0.05, 0.1) is 6.61 Å². The number of esters is 1. The van der Waals surface area contributed by atoms with Crippen LogP contribution in [0.5, 0.6) is 0 Å². The molecular formula is C12H18O8. The fourth-order valence-corrected chi connectivity index (χ4v) is 1.81. The minimum Gasteiger partial charge on any atom is -0.446 e. The summed E-state index contributed by atoms with van der Waals surface area (Å²) in [5, 5.41) is 36.8. The number of ether oxygens (including phenoxy) is 1. The Morgan fingerprint density at radius 2 is 1.80 bits per heavy atom. The summed E-state index contributed by atoms with van der Waals surface area (Å²) >= 11 is 0. The largest absolute Gasteiger partial charge is 0.446 e. The van der Waals surface area contributed by atoms with Crippen LogP contribution in [0.15, 0.2) is 0 Å². The molecular weight excluding hydrogens is 272 g/mol. The van der Waals surface area contributed by atoms with E-state index in [9.17, 15) is 24.6 Å². The van der Waals surface area contributed by atoms with Gasteiger partial charge in [0.2, 0.25) is 11.9 Å². The molecule has 114 valence electrons. The number of hydrogen-bond donors (Lipinski definition) is 4. The van der Waals surface area contributed by atoms with E-state index in [4.69, 9.17) is 14.9 Å². The van der Waals surface area contributed by atoms with E-state index >= 15 is 0 Å².